The van der Waals surface area contributed by atoms with Crippen LogP contribution in [0.2, 0.25) is 0 Å². The fourth-order valence-electron chi connectivity index (χ4n) is 3.85. The molecule has 3 aromatic carbocycles. The summed E-state index contributed by atoms with van der Waals surface area (Å²) in [7, 11) is 0. The second-order valence-electron chi connectivity index (χ2n) is 9.03. The van der Waals surface area contributed by atoms with E-state index in [0.29, 0.717) is 44.1 Å². The number of carboxylic acid groups (broad SMARTS) is 1. The molecule has 0 saturated heterocycles. The van der Waals surface area contributed by atoms with Gasteiger partial charge in [-0.1, -0.05) is 12.1 Å². The summed E-state index contributed by atoms with van der Waals surface area (Å²) in [4.78, 5) is 25.7. The number of halogens is 3. The van der Waals surface area contributed by atoms with Gasteiger partial charge in [0.15, 0.2) is 17.7 Å². The Morgan fingerprint density at radius 3 is 2.15 bits per heavy atom. The summed E-state index contributed by atoms with van der Waals surface area (Å²) in [5.41, 5.74) is 0.885. The lowest BCUT2D eigenvalue weighted by atomic mass is 10.1. The first kappa shape index (κ1) is 31.3. The van der Waals surface area contributed by atoms with Crippen molar-refractivity contribution in [3.8, 4) is 11.5 Å². The van der Waals surface area contributed by atoms with E-state index in [4.69, 9.17) is 14.2 Å². The molecule has 0 aromatic heterocycles. The van der Waals surface area contributed by atoms with Gasteiger partial charge in [-0.3, -0.25) is 0 Å². The van der Waals surface area contributed by atoms with Gasteiger partial charge < -0.3 is 29.5 Å². The number of nitrogens with zero attached hydrogens (tertiary/aromatic N) is 1. The number of urea groups is 1. The third-order valence-electron chi connectivity index (χ3n) is 5.98. The summed E-state index contributed by atoms with van der Waals surface area (Å²) in [6, 6.07) is 15.2. The number of carboxylic acids is 1. The minimum absolute atomic E-state index is 0.113. The molecule has 1 atom stereocenters. The van der Waals surface area contributed by atoms with Crippen LogP contribution >= 0.6 is 0 Å². The highest BCUT2D eigenvalue weighted by Crippen LogP contribution is 2.17. The summed E-state index contributed by atoms with van der Waals surface area (Å²) in [6.45, 7) is 3.06. The van der Waals surface area contributed by atoms with Gasteiger partial charge in [-0.25, -0.2) is 22.8 Å². The number of amides is 2. The van der Waals surface area contributed by atoms with Crippen molar-refractivity contribution in [2.24, 2.45) is 0 Å². The molecular weight excluding hydrogens is 541 g/mol. The van der Waals surface area contributed by atoms with Crippen molar-refractivity contribution in [1.82, 2.24) is 4.90 Å². The molecular formula is C30H33F3N2O6. The van der Waals surface area contributed by atoms with Gasteiger partial charge in [0.05, 0.1) is 13.2 Å². The van der Waals surface area contributed by atoms with Crippen molar-refractivity contribution in [1.29, 1.82) is 0 Å². The molecule has 0 aliphatic heterocycles. The van der Waals surface area contributed by atoms with Crippen LogP contribution in [0.1, 0.15) is 25.3 Å². The second-order valence-corrected chi connectivity index (χ2v) is 9.03. The average Bonchev–Trinajstić information content (AvgIpc) is 2.95. The third kappa shape index (κ3) is 10.7. The van der Waals surface area contributed by atoms with Gasteiger partial charge in [0.2, 0.25) is 0 Å². The molecule has 0 heterocycles. The van der Waals surface area contributed by atoms with Crippen LogP contribution < -0.4 is 14.8 Å². The van der Waals surface area contributed by atoms with Crippen LogP contribution in [0.3, 0.4) is 0 Å². The van der Waals surface area contributed by atoms with E-state index in [0.717, 1.165) is 17.7 Å². The number of carbonyl (C=O) groups excluding carboxylic acids is 1. The Hall–Kier alpha value is -4.25. The Balaban J connectivity index is 1.53. The molecule has 3 rings (SSSR count). The van der Waals surface area contributed by atoms with Crippen LogP contribution in [-0.4, -0.2) is 61.0 Å². The Morgan fingerprint density at radius 1 is 0.854 bits per heavy atom. The number of rotatable bonds is 16. The van der Waals surface area contributed by atoms with E-state index in [-0.39, 0.29) is 31.1 Å². The van der Waals surface area contributed by atoms with E-state index >= 15 is 0 Å². The van der Waals surface area contributed by atoms with E-state index in [2.05, 4.69) is 5.32 Å². The topological polar surface area (TPSA) is 97.3 Å². The van der Waals surface area contributed by atoms with Crippen LogP contribution in [-0.2, 0) is 16.0 Å². The highest BCUT2D eigenvalue weighted by molar-refractivity contribution is 5.89. The molecule has 0 saturated carbocycles. The number of ether oxygens (including phenoxy) is 3. The molecule has 0 fully saturated rings. The number of carbonyl (C=O) groups is 2. The zero-order valence-corrected chi connectivity index (χ0v) is 22.7. The maximum Gasteiger partial charge on any atom is 0.333 e. The molecule has 0 aliphatic rings. The van der Waals surface area contributed by atoms with Crippen LogP contribution in [0, 0.1) is 17.5 Å². The van der Waals surface area contributed by atoms with E-state index < -0.39 is 29.7 Å². The minimum atomic E-state index is -1.07. The molecule has 11 heteroatoms. The normalized spacial score (nSPS) is 11.5. The van der Waals surface area contributed by atoms with Gasteiger partial charge in [-0.2, -0.15) is 0 Å². The fraction of sp³-hybridized carbons (Fsp3) is 0.333. The number of anilines is 1. The summed E-state index contributed by atoms with van der Waals surface area (Å²) < 4.78 is 56.6. The highest BCUT2D eigenvalue weighted by atomic mass is 19.2. The smallest absolute Gasteiger partial charge is 0.333 e. The van der Waals surface area contributed by atoms with Crippen molar-refractivity contribution in [2.45, 2.75) is 32.3 Å². The first-order valence-electron chi connectivity index (χ1n) is 13.2. The van der Waals surface area contributed by atoms with Gasteiger partial charge in [-0.05, 0) is 73.9 Å². The summed E-state index contributed by atoms with van der Waals surface area (Å²) >= 11 is 0. The van der Waals surface area contributed by atoms with E-state index in [1.807, 2.05) is 0 Å². The van der Waals surface area contributed by atoms with Crippen molar-refractivity contribution in [2.75, 3.05) is 38.2 Å². The maximum atomic E-state index is 13.6. The summed E-state index contributed by atoms with van der Waals surface area (Å²) in [5, 5.41) is 11.8. The average molecular weight is 575 g/mol. The maximum absolute atomic E-state index is 13.6. The minimum Gasteiger partial charge on any atom is -0.494 e. The molecule has 3 aromatic rings. The number of nitrogens with one attached hydrogen (secondary N) is 1. The lowest BCUT2D eigenvalue weighted by Gasteiger charge is -2.23. The van der Waals surface area contributed by atoms with Crippen molar-refractivity contribution in [3.63, 3.8) is 0 Å². The molecule has 41 heavy (non-hydrogen) atoms. The van der Waals surface area contributed by atoms with Crippen LogP contribution in [0.4, 0.5) is 23.7 Å². The SMILES string of the molecule is CCOC(Cc1ccc(OCCN(CCCCOc2ccc(F)cc2)C(=O)Nc2ccc(F)c(F)c2)cc1)C(=O)O. The Kier molecular flexibility index (Phi) is 12.3. The molecule has 0 aliphatic carbocycles. The number of hydrogen-bond donors (Lipinski definition) is 2. The fourth-order valence-corrected chi connectivity index (χ4v) is 3.85. The van der Waals surface area contributed by atoms with Gasteiger partial charge >= 0.3 is 12.0 Å². The predicted octanol–water partition coefficient (Wildman–Crippen LogP) is 5.91. The first-order valence-corrected chi connectivity index (χ1v) is 13.2. The van der Waals surface area contributed by atoms with Gasteiger partial charge in [0, 0.05) is 31.3 Å². The Morgan fingerprint density at radius 2 is 1.51 bits per heavy atom. The molecule has 8 nitrogen and oxygen atoms in total. The van der Waals surface area contributed by atoms with E-state index in [1.165, 1.54) is 35.2 Å². The summed E-state index contributed by atoms with van der Waals surface area (Å²) in [5.74, 6) is -2.41. The van der Waals surface area contributed by atoms with Crippen LogP contribution in [0.25, 0.3) is 0 Å². The molecule has 1 unspecified atom stereocenters. The van der Waals surface area contributed by atoms with Gasteiger partial charge in [0.1, 0.15) is 23.9 Å². The van der Waals surface area contributed by atoms with Gasteiger partial charge in [-0.15, -0.1) is 0 Å². The molecule has 0 radical (unpaired) electrons. The number of hydrogen-bond acceptors (Lipinski definition) is 5. The monoisotopic (exact) mass is 574 g/mol. The number of aliphatic carboxylic acids is 1. The van der Waals surface area contributed by atoms with Crippen molar-refractivity contribution in [3.05, 3.63) is 89.7 Å². The van der Waals surface area contributed by atoms with Crippen LogP contribution in [0.5, 0.6) is 11.5 Å². The van der Waals surface area contributed by atoms with Crippen molar-refractivity contribution < 1.29 is 42.1 Å². The standard InChI is InChI=1S/C30H33F3N2O6/c1-2-39-28(29(36)37)19-21-5-10-24(11-6-21)41-18-16-35(30(38)34-23-9-14-26(32)27(33)20-23)15-3-4-17-40-25-12-7-22(31)8-13-25/h5-14,20,28H,2-4,15-19H2,1H3,(H,34,38)(H,36,37). The zero-order valence-electron chi connectivity index (χ0n) is 22.7. The Labute approximate surface area is 236 Å². The van der Waals surface area contributed by atoms with Crippen molar-refractivity contribution >= 4 is 17.7 Å². The van der Waals surface area contributed by atoms with Crippen LogP contribution in [0.15, 0.2) is 66.7 Å². The van der Waals surface area contributed by atoms with E-state index in [1.54, 1.807) is 31.2 Å². The number of unbranched alkanes of at least 4 members (excludes halogenated alkanes) is 1. The van der Waals surface area contributed by atoms with Gasteiger partial charge in [0.25, 0.3) is 0 Å². The predicted molar refractivity (Wildman–Crippen MR) is 147 cm³/mol. The first-order chi connectivity index (χ1) is 19.7. The molecule has 220 valence electrons. The number of benzene rings is 3. The molecule has 0 spiro atoms. The molecule has 2 amide bonds. The lowest BCUT2D eigenvalue weighted by molar-refractivity contribution is -0.149. The molecule has 0 bridgehead atoms. The quantitative estimate of drug-likeness (QED) is 0.207. The third-order valence-corrected chi connectivity index (χ3v) is 5.98. The largest absolute Gasteiger partial charge is 0.494 e. The highest BCUT2D eigenvalue weighted by Gasteiger charge is 2.18. The molecule has 2 N–H and O–H groups in total. The van der Waals surface area contributed by atoms with E-state index in [9.17, 15) is 27.9 Å². The zero-order chi connectivity index (χ0) is 29.6. The Bertz CT molecular complexity index is 1260. The lowest BCUT2D eigenvalue weighted by Crippen LogP contribution is -2.38. The summed E-state index contributed by atoms with van der Waals surface area (Å²) in [6.07, 6.45) is 0.459. The second kappa shape index (κ2) is 16.1.